The van der Waals surface area contributed by atoms with Crippen LogP contribution in [0.2, 0.25) is 0 Å². The highest BCUT2D eigenvalue weighted by atomic mass is 16.3. The van der Waals surface area contributed by atoms with Crippen molar-refractivity contribution in [3.8, 4) is 11.4 Å². The molecule has 1 heterocycles. The van der Waals surface area contributed by atoms with Crippen LogP contribution < -0.4 is 0 Å². The molecule has 0 radical (unpaired) electrons. The third kappa shape index (κ3) is 1.50. The summed E-state index contributed by atoms with van der Waals surface area (Å²) in [4.78, 5) is 14.3. The van der Waals surface area contributed by atoms with Crippen LogP contribution in [-0.4, -0.2) is 20.9 Å². The Morgan fingerprint density at radius 2 is 2.00 bits per heavy atom. The average Bonchev–Trinajstić information content (AvgIpc) is 2.67. The van der Waals surface area contributed by atoms with Gasteiger partial charge in [-0.3, -0.25) is 4.79 Å². The molecule has 0 spiro atoms. The molecule has 4 heteroatoms. The van der Waals surface area contributed by atoms with Gasteiger partial charge in [0.25, 0.3) is 0 Å². The second-order valence-corrected chi connectivity index (χ2v) is 2.84. The molecule has 0 aliphatic heterocycles. The van der Waals surface area contributed by atoms with E-state index in [-0.39, 0.29) is 5.75 Å². The molecule has 0 unspecified atom stereocenters. The predicted octanol–water partition coefficient (Wildman–Crippen LogP) is 1.39. The van der Waals surface area contributed by atoms with Crippen molar-refractivity contribution in [1.82, 2.24) is 9.55 Å². The Labute approximate surface area is 80.4 Å². The second-order valence-electron chi connectivity index (χ2n) is 2.84. The summed E-state index contributed by atoms with van der Waals surface area (Å²) in [7, 11) is 0. The van der Waals surface area contributed by atoms with Crippen molar-refractivity contribution in [2.24, 2.45) is 0 Å². The van der Waals surface area contributed by atoms with Gasteiger partial charge in [0.2, 0.25) is 0 Å². The maximum atomic E-state index is 10.4. The Balaban J connectivity index is 2.39. The molecule has 0 bridgehead atoms. The maximum Gasteiger partial charge on any atom is 0.170 e. The minimum absolute atomic E-state index is 0.212. The third-order valence-corrected chi connectivity index (χ3v) is 1.87. The molecule has 1 aromatic heterocycles. The number of carbonyl (C=O) groups is 1. The van der Waals surface area contributed by atoms with Crippen LogP contribution in [0.3, 0.4) is 0 Å². The minimum Gasteiger partial charge on any atom is -0.508 e. The van der Waals surface area contributed by atoms with Crippen molar-refractivity contribution in [2.45, 2.75) is 0 Å². The lowest BCUT2D eigenvalue weighted by Gasteiger charge is -2.00. The van der Waals surface area contributed by atoms with Gasteiger partial charge in [-0.15, -0.1) is 0 Å². The molecule has 0 aliphatic carbocycles. The average molecular weight is 188 g/mol. The highest BCUT2D eigenvalue weighted by molar-refractivity contribution is 5.71. The van der Waals surface area contributed by atoms with Crippen LogP contribution in [0.1, 0.15) is 10.5 Å². The SMILES string of the molecule is O=Cc1cn(-c2ccc(O)cc2)cn1. The summed E-state index contributed by atoms with van der Waals surface area (Å²) in [5.41, 5.74) is 1.24. The standard InChI is InChI=1S/C10H8N2O2/c13-6-8-5-12(7-11-8)9-1-3-10(14)4-2-9/h1-7,14H. The summed E-state index contributed by atoms with van der Waals surface area (Å²) < 4.78 is 1.71. The molecule has 70 valence electrons. The van der Waals surface area contributed by atoms with Gasteiger partial charge in [-0.25, -0.2) is 4.98 Å². The topological polar surface area (TPSA) is 55.1 Å². The van der Waals surface area contributed by atoms with E-state index in [1.807, 2.05) is 0 Å². The fraction of sp³-hybridized carbons (Fsp3) is 0. The number of phenolic OH excluding ortho intramolecular Hbond substituents is 1. The van der Waals surface area contributed by atoms with Crippen LogP contribution in [0.4, 0.5) is 0 Å². The first-order chi connectivity index (χ1) is 6.79. The van der Waals surface area contributed by atoms with Crippen LogP contribution in [-0.2, 0) is 0 Å². The Bertz CT molecular complexity index is 445. The highest BCUT2D eigenvalue weighted by Gasteiger charge is 1.98. The van der Waals surface area contributed by atoms with E-state index in [0.29, 0.717) is 12.0 Å². The number of imidazole rings is 1. The molecule has 2 rings (SSSR count). The number of benzene rings is 1. The first kappa shape index (κ1) is 8.50. The summed E-state index contributed by atoms with van der Waals surface area (Å²) in [5.74, 6) is 0.212. The van der Waals surface area contributed by atoms with E-state index in [0.717, 1.165) is 5.69 Å². The van der Waals surface area contributed by atoms with Crippen LogP contribution >= 0.6 is 0 Å². The zero-order valence-electron chi connectivity index (χ0n) is 7.29. The molecule has 1 aromatic carbocycles. The van der Waals surface area contributed by atoms with E-state index in [4.69, 9.17) is 5.11 Å². The minimum atomic E-state index is 0.212. The van der Waals surface area contributed by atoms with Crippen molar-refractivity contribution in [2.75, 3.05) is 0 Å². The number of phenols is 1. The zero-order valence-corrected chi connectivity index (χ0v) is 7.29. The first-order valence-corrected chi connectivity index (χ1v) is 4.08. The van der Waals surface area contributed by atoms with E-state index in [1.54, 1.807) is 41.4 Å². The normalized spacial score (nSPS) is 10.0. The van der Waals surface area contributed by atoms with Gasteiger partial charge >= 0.3 is 0 Å². The summed E-state index contributed by atoms with van der Waals surface area (Å²) >= 11 is 0. The number of hydrogen-bond acceptors (Lipinski definition) is 3. The molecule has 0 saturated heterocycles. The predicted molar refractivity (Wildman–Crippen MR) is 50.6 cm³/mol. The van der Waals surface area contributed by atoms with Gasteiger partial charge in [-0.2, -0.15) is 0 Å². The van der Waals surface area contributed by atoms with Crippen LogP contribution in [0.25, 0.3) is 5.69 Å². The van der Waals surface area contributed by atoms with Gasteiger partial charge in [0.05, 0.1) is 0 Å². The van der Waals surface area contributed by atoms with Crippen LogP contribution in [0, 0.1) is 0 Å². The number of carbonyl (C=O) groups excluding carboxylic acids is 1. The van der Waals surface area contributed by atoms with Gasteiger partial charge in [0.1, 0.15) is 17.8 Å². The van der Waals surface area contributed by atoms with Crippen molar-refractivity contribution < 1.29 is 9.90 Å². The number of rotatable bonds is 2. The summed E-state index contributed by atoms with van der Waals surface area (Å²) in [6, 6.07) is 6.64. The third-order valence-electron chi connectivity index (χ3n) is 1.87. The fourth-order valence-electron chi connectivity index (χ4n) is 1.16. The van der Waals surface area contributed by atoms with E-state index >= 15 is 0 Å². The Hall–Kier alpha value is -2.10. The highest BCUT2D eigenvalue weighted by Crippen LogP contribution is 2.13. The summed E-state index contributed by atoms with van der Waals surface area (Å²) in [6.07, 6.45) is 3.87. The Kier molecular flexibility index (Phi) is 2.02. The lowest BCUT2D eigenvalue weighted by Crippen LogP contribution is -1.88. The maximum absolute atomic E-state index is 10.4. The molecule has 2 aromatic rings. The van der Waals surface area contributed by atoms with Gasteiger partial charge in [-0.05, 0) is 24.3 Å². The molecule has 0 saturated carbocycles. The van der Waals surface area contributed by atoms with Crippen molar-refractivity contribution in [3.05, 3.63) is 42.5 Å². The van der Waals surface area contributed by atoms with E-state index in [1.165, 1.54) is 0 Å². The Morgan fingerprint density at radius 3 is 2.57 bits per heavy atom. The monoisotopic (exact) mass is 188 g/mol. The lowest BCUT2D eigenvalue weighted by atomic mass is 10.3. The molecule has 0 aliphatic rings. The van der Waals surface area contributed by atoms with Crippen molar-refractivity contribution >= 4 is 6.29 Å². The summed E-state index contributed by atoms with van der Waals surface area (Å²) in [5, 5.41) is 9.07. The molecule has 0 fully saturated rings. The molecular weight excluding hydrogens is 180 g/mol. The van der Waals surface area contributed by atoms with Crippen LogP contribution in [0.5, 0.6) is 5.75 Å². The van der Waals surface area contributed by atoms with E-state index in [2.05, 4.69) is 4.98 Å². The number of aromatic hydroxyl groups is 1. The number of hydrogen-bond donors (Lipinski definition) is 1. The van der Waals surface area contributed by atoms with Gasteiger partial charge in [-0.1, -0.05) is 0 Å². The second kappa shape index (κ2) is 3.33. The first-order valence-electron chi connectivity index (χ1n) is 4.08. The van der Waals surface area contributed by atoms with Gasteiger partial charge < -0.3 is 9.67 Å². The molecule has 4 nitrogen and oxygen atoms in total. The van der Waals surface area contributed by atoms with E-state index in [9.17, 15) is 4.79 Å². The number of aldehydes is 1. The summed E-state index contributed by atoms with van der Waals surface area (Å²) in [6.45, 7) is 0. The van der Waals surface area contributed by atoms with Gasteiger partial charge in [0.15, 0.2) is 6.29 Å². The van der Waals surface area contributed by atoms with Gasteiger partial charge in [0, 0.05) is 11.9 Å². The smallest absolute Gasteiger partial charge is 0.170 e. The molecule has 1 N–H and O–H groups in total. The molecule has 0 amide bonds. The molecule has 14 heavy (non-hydrogen) atoms. The van der Waals surface area contributed by atoms with Crippen molar-refractivity contribution in [1.29, 1.82) is 0 Å². The fourth-order valence-corrected chi connectivity index (χ4v) is 1.16. The quantitative estimate of drug-likeness (QED) is 0.724. The number of nitrogens with zero attached hydrogens (tertiary/aromatic N) is 2. The van der Waals surface area contributed by atoms with E-state index < -0.39 is 0 Å². The van der Waals surface area contributed by atoms with Crippen molar-refractivity contribution in [3.63, 3.8) is 0 Å². The molecular formula is C10H8N2O2. The van der Waals surface area contributed by atoms with Crippen LogP contribution in [0.15, 0.2) is 36.8 Å². The largest absolute Gasteiger partial charge is 0.508 e. The Morgan fingerprint density at radius 1 is 1.29 bits per heavy atom. The number of aromatic nitrogens is 2. The molecule has 0 atom stereocenters. The zero-order chi connectivity index (χ0) is 9.97. The lowest BCUT2D eigenvalue weighted by molar-refractivity contribution is 0.111.